The lowest BCUT2D eigenvalue weighted by atomic mass is 9.99. The smallest absolute Gasteiger partial charge is 0.241 e. The first-order chi connectivity index (χ1) is 16.5. The quantitative estimate of drug-likeness (QED) is 0.370. The third-order valence-electron chi connectivity index (χ3n) is 6.45. The van der Waals surface area contributed by atoms with Gasteiger partial charge in [-0.25, -0.2) is 9.97 Å². The first-order valence-electron chi connectivity index (χ1n) is 11.4. The highest BCUT2D eigenvalue weighted by Gasteiger charge is 2.18. The van der Waals surface area contributed by atoms with Crippen LogP contribution in [-0.2, 0) is 24.2 Å². The molecule has 34 heavy (non-hydrogen) atoms. The summed E-state index contributed by atoms with van der Waals surface area (Å²) in [6, 6.07) is 5.91. The van der Waals surface area contributed by atoms with Crippen molar-refractivity contribution in [2.75, 3.05) is 29.5 Å². The summed E-state index contributed by atoms with van der Waals surface area (Å²) in [5.74, 6) is 1.69. The van der Waals surface area contributed by atoms with E-state index in [0.29, 0.717) is 24.0 Å². The third-order valence-corrected chi connectivity index (χ3v) is 6.45. The minimum atomic E-state index is -0.0325. The first-order valence-corrected chi connectivity index (χ1v) is 11.4. The number of amides is 1. The van der Waals surface area contributed by atoms with Gasteiger partial charge >= 0.3 is 0 Å². The molecule has 5 N–H and O–H groups in total. The number of rotatable bonds is 3. The van der Waals surface area contributed by atoms with Gasteiger partial charge in [-0.15, -0.1) is 0 Å². The zero-order valence-corrected chi connectivity index (χ0v) is 18.9. The monoisotopic (exact) mass is 455 g/mol. The van der Waals surface area contributed by atoms with Crippen LogP contribution in [0.4, 0.5) is 23.1 Å². The van der Waals surface area contributed by atoms with Crippen LogP contribution in [0.1, 0.15) is 23.4 Å². The molecule has 4 aromatic heterocycles. The number of hydrogen-bond donors (Lipinski definition) is 4. The maximum atomic E-state index is 11.8. The van der Waals surface area contributed by atoms with Crippen molar-refractivity contribution < 1.29 is 4.79 Å². The summed E-state index contributed by atoms with van der Waals surface area (Å²) >= 11 is 0. The molecular formula is C24H25N9O. The maximum Gasteiger partial charge on any atom is 0.241 e. The Balaban J connectivity index is 1.35. The molecule has 0 bridgehead atoms. The van der Waals surface area contributed by atoms with Gasteiger partial charge in [-0.3, -0.25) is 14.5 Å². The molecule has 0 unspecified atom stereocenters. The topological polar surface area (TPSA) is 136 Å². The van der Waals surface area contributed by atoms with E-state index < -0.39 is 0 Å². The van der Waals surface area contributed by atoms with Crippen LogP contribution in [0.15, 0.2) is 30.6 Å². The summed E-state index contributed by atoms with van der Waals surface area (Å²) in [4.78, 5) is 25.6. The number of nitrogens with two attached hydrogens (primary N) is 1. The van der Waals surface area contributed by atoms with Crippen LogP contribution in [0.25, 0.3) is 22.0 Å². The Morgan fingerprint density at radius 2 is 1.97 bits per heavy atom. The van der Waals surface area contributed by atoms with Gasteiger partial charge in [0.25, 0.3) is 0 Å². The van der Waals surface area contributed by atoms with E-state index in [0.717, 1.165) is 70.5 Å². The van der Waals surface area contributed by atoms with Gasteiger partial charge in [-0.2, -0.15) is 5.10 Å². The number of hydrogen-bond acceptors (Lipinski definition) is 8. The van der Waals surface area contributed by atoms with E-state index in [1.165, 1.54) is 0 Å². The summed E-state index contributed by atoms with van der Waals surface area (Å²) in [5.41, 5.74) is 12.4. The van der Waals surface area contributed by atoms with E-state index in [2.05, 4.69) is 42.9 Å². The number of carbonyl (C=O) groups excluding carboxylic acids is 1. The molecule has 6 rings (SSSR count). The number of pyridine rings is 3. The van der Waals surface area contributed by atoms with E-state index in [9.17, 15) is 4.79 Å². The Morgan fingerprint density at radius 3 is 2.88 bits per heavy atom. The van der Waals surface area contributed by atoms with E-state index in [-0.39, 0.29) is 12.5 Å². The van der Waals surface area contributed by atoms with Crippen LogP contribution < -0.4 is 21.7 Å². The fraction of sp³-hybridized carbons (Fsp3) is 0.292. The van der Waals surface area contributed by atoms with E-state index in [4.69, 9.17) is 5.73 Å². The van der Waals surface area contributed by atoms with Gasteiger partial charge in [-0.1, -0.05) is 0 Å². The molecule has 2 aliphatic rings. The van der Waals surface area contributed by atoms with Gasteiger partial charge < -0.3 is 21.7 Å². The second-order valence-electron chi connectivity index (χ2n) is 8.74. The highest BCUT2D eigenvalue weighted by molar-refractivity contribution is 5.95. The van der Waals surface area contributed by atoms with Crippen LogP contribution >= 0.6 is 0 Å². The molecular weight excluding hydrogens is 430 g/mol. The zero-order chi connectivity index (χ0) is 23.2. The average Bonchev–Trinajstić information content (AvgIpc) is 3.10. The summed E-state index contributed by atoms with van der Waals surface area (Å²) in [7, 11) is 0. The molecule has 1 amide bonds. The molecule has 0 fully saturated rings. The second kappa shape index (κ2) is 7.98. The van der Waals surface area contributed by atoms with Crippen molar-refractivity contribution in [1.82, 2.24) is 30.0 Å². The first kappa shape index (κ1) is 20.4. The normalized spacial score (nSPS) is 15.1. The Morgan fingerprint density at radius 1 is 1.06 bits per heavy atom. The van der Waals surface area contributed by atoms with Gasteiger partial charge in [0, 0.05) is 54.6 Å². The van der Waals surface area contributed by atoms with Crippen molar-refractivity contribution in [3.8, 4) is 11.3 Å². The van der Waals surface area contributed by atoms with Gasteiger partial charge in [0.05, 0.1) is 17.1 Å². The average molecular weight is 456 g/mol. The number of aromatic nitrogens is 5. The molecule has 0 aliphatic carbocycles. The Kier molecular flexibility index (Phi) is 4.79. The summed E-state index contributed by atoms with van der Waals surface area (Å²) in [5, 5.41) is 15.8. The minimum absolute atomic E-state index is 0.0325. The summed E-state index contributed by atoms with van der Waals surface area (Å²) in [6.07, 6.45) is 6.43. The summed E-state index contributed by atoms with van der Waals surface area (Å²) < 4.78 is 1.73. The molecule has 0 radical (unpaired) electrons. The third kappa shape index (κ3) is 3.57. The fourth-order valence-electron chi connectivity index (χ4n) is 4.69. The van der Waals surface area contributed by atoms with Crippen molar-refractivity contribution in [3.63, 3.8) is 0 Å². The van der Waals surface area contributed by atoms with Gasteiger partial charge in [0.1, 0.15) is 18.2 Å². The van der Waals surface area contributed by atoms with Gasteiger partial charge in [0.2, 0.25) is 5.91 Å². The molecule has 172 valence electrons. The lowest BCUT2D eigenvalue weighted by Crippen LogP contribution is -2.25. The van der Waals surface area contributed by atoms with Crippen molar-refractivity contribution in [2.24, 2.45) is 0 Å². The lowest BCUT2D eigenvalue weighted by molar-refractivity contribution is -0.121. The fourth-order valence-corrected chi connectivity index (χ4v) is 4.69. The number of aryl methyl sites for hydroxylation is 1. The van der Waals surface area contributed by atoms with Crippen molar-refractivity contribution in [2.45, 2.75) is 32.7 Å². The highest BCUT2D eigenvalue weighted by Crippen LogP contribution is 2.34. The highest BCUT2D eigenvalue weighted by atomic mass is 16.2. The standard InChI is InChI=1S/C24H25N9O/c1-13-16(10-28-18-3-2-5-27-23(13)18)19-7-14-8-20(29-11-17(14)24(25)30-19)31-21-9-15-4-6-26-22(34)12-33(15)32-21/h7-11,27H,2-6,12H2,1H3,(H2,25,30)(H,26,34)(H,29,31,32). The zero-order valence-electron chi connectivity index (χ0n) is 18.9. The molecule has 0 saturated carbocycles. The van der Waals surface area contributed by atoms with Gasteiger partial charge in [0.15, 0.2) is 5.82 Å². The van der Waals surface area contributed by atoms with Crippen LogP contribution in [-0.4, -0.2) is 43.7 Å². The molecule has 6 heterocycles. The molecule has 0 atom stereocenters. The Labute approximate surface area is 196 Å². The predicted molar refractivity (Wildman–Crippen MR) is 131 cm³/mol. The van der Waals surface area contributed by atoms with Gasteiger partial charge in [-0.05, 0) is 42.8 Å². The van der Waals surface area contributed by atoms with Crippen LogP contribution in [0.5, 0.6) is 0 Å². The maximum absolute atomic E-state index is 11.8. The molecule has 4 aromatic rings. The van der Waals surface area contributed by atoms with Crippen molar-refractivity contribution in [1.29, 1.82) is 0 Å². The molecule has 0 saturated heterocycles. The molecule has 0 aromatic carbocycles. The van der Waals surface area contributed by atoms with Crippen LogP contribution in [0.2, 0.25) is 0 Å². The van der Waals surface area contributed by atoms with E-state index in [1.54, 1.807) is 10.9 Å². The number of anilines is 4. The van der Waals surface area contributed by atoms with Crippen molar-refractivity contribution in [3.05, 3.63) is 47.5 Å². The molecule has 10 nitrogen and oxygen atoms in total. The Bertz CT molecular complexity index is 1440. The van der Waals surface area contributed by atoms with Crippen LogP contribution in [0, 0.1) is 6.92 Å². The van der Waals surface area contributed by atoms with Crippen molar-refractivity contribution >= 4 is 39.8 Å². The number of carbonyl (C=O) groups is 1. The number of nitrogen functional groups attached to an aromatic ring is 1. The number of fused-ring (bicyclic) bond motifs is 3. The largest absolute Gasteiger partial charge is 0.383 e. The number of nitrogens with one attached hydrogen (secondary N) is 3. The molecule has 0 spiro atoms. The number of nitrogens with zero attached hydrogens (tertiary/aromatic N) is 5. The van der Waals surface area contributed by atoms with E-state index >= 15 is 0 Å². The van der Waals surface area contributed by atoms with Crippen LogP contribution in [0.3, 0.4) is 0 Å². The molecule has 2 aliphatic heterocycles. The Hall–Kier alpha value is -4.21. The second-order valence-corrected chi connectivity index (χ2v) is 8.74. The predicted octanol–water partition coefficient (Wildman–Crippen LogP) is 2.55. The van der Waals surface area contributed by atoms with E-state index in [1.807, 2.05) is 24.4 Å². The summed E-state index contributed by atoms with van der Waals surface area (Å²) in [6.45, 7) is 3.88. The SMILES string of the molecule is Cc1c(-c2cc3cc(Nc4cc5n(n4)CC(=O)NCC5)ncc3c(N)n2)cnc2c1NCCC2. The minimum Gasteiger partial charge on any atom is -0.383 e. The lowest BCUT2D eigenvalue weighted by Gasteiger charge is -2.21. The molecule has 10 heteroatoms.